The van der Waals surface area contributed by atoms with Crippen LogP contribution in [0.2, 0.25) is 0 Å². The van der Waals surface area contributed by atoms with Crippen LogP contribution in [0.3, 0.4) is 0 Å². The van der Waals surface area contributed by atoms with Crippen molar-refractivity contribution in [1.29, 1.82) is 5.26 Å². The van der Waals surface area contributed by atoms with E-state index in [1.165, 1.54) is 5.69 Å². The highest BCUT2D eigenvalue weighted by atomic mass is 15.3. The Labute approximate surface area is 136 Å². The maximum Gasteiger partial charge on any atom is 0.101 e. The van der Waals surface area contributed by atoms with E-state index in [1.54, 1.807) is 6.20 Å². The zero-order valence-corrected chi connectivity index (χ0v) is 13.4. The van der Waals surface area contributed by atoms with Gasteiger partial charge in [0.2, 0.25) is 0 Å². The van der Waals surface area contributed by atoms with Crippen molar-refractivity contribution < 1.29 is 0 Å². The Balaban J connectivity index is 1.74. The van der Waals surface area contributed by atoms with E-state index in [1.807, 2.05) is 12.1 Å². The normalized spacial score (nSPS) is 25.1. The second-order valence-corrected chi connectivity index (χ2v) is 6.49. The van der Waals surface area contributed by atoms with E-state index in [-0.39, 0.29) is 0 Å². The zero-order valence-electron chi connectivity index (χ0n) is 13.4. The lowest BCUT2D eigenvalue weighted by atomic mass is 10.0. The Hall–Kier alpha value is -2.16. The van der Waals surface area contributed by atoms with Crippen LogP contribution in [0, 0.1) is 11.3 Å². The van der Waals surface area contributed by atoms with E-state index in [0.29, 0.717) is 17.6 Å². The smallest absolute Gasteiger partial charge is 0.101 e. The van der Waals surface area contributed by atoms with Crippen LogP contribution in [0.25, 0.3) is 10.9 Å². The fraction of sp³-hybridized carbons (Fsp3) is 0.444. The molecule has 2 aliphatic rings. The van der Waals surface area contributed by atoms with Crippen LogP contribution in [0.4, 0.5) is 5.69 Å². The minimum absolute atomic E-state index is 0.540. The summed E-state index contributed by atoms with van der Waals surface area (Å²) in [6, 6.07) is 11.4. The largest absolute Gasteiger partial charge is 0.368 e. The molecule has 0 saturated carbocycles. The summed E-state index contributed by atoms with van der Waals surface area (Å²) in [6.07, 6.45) is 1.76. The van der Waals surface area contributed by atoms with Gasteiger partial charge in [-0.25, -0.2) is 0 Å². The summed E-state index contributed by atoms with van der Waals surface area (Å²) >= 11 is 0. The fourth-order valence-corrected chi connectivity index (χ4v) is 4.00. The van der Waals surface area contributed by atoms with Gasteiger partial charge in [0.15, 0.2) is 0 Å². The van der Waals surface area contributed by atoms with Gasteiger partial charge in [0, 0.05) is 62.1 Å². The van der Waals surface area contributed by atoms with E-state index in [2.05, 4.69) is 45.2 Å². The molecule has 2 aliphatic heterocycles. The lowest BCUT2D eigenvalue weighted by Crippen LogP contribution is -2.64. The average molecular weight is 307 g/mol. The molecular weight excluding hydrogens is 286 g/mol. The molecule has 4 rings (SSSR count). The molecule has 5 heteroatoms. The van der Waals surface area contributed by atoms with Crippen molar-refractivity contribution >= 4 is 16.6 Å². The third-order valence-corrected chi connectivity index (χ3v) is 5.09. The number of rotatable bonds is 1. The molecule has 1 N–H and O–H groups in total. The molecule has 118 valence electrons. The highest BCUT2D eigenvalue weighted by Crippen LogP contribution is 2.31. The molecular formula is C18H21N5. The Kier molecular flexibility index (Phi) is 3.64. The maximum atomic E-state index is 9.31. The standard InChI is InChI=1S/C18H21N5/c1-13-11-22(12-15-10-20-7-8-23(13)15)17-5-4-14(9-19)18-16(17)3-2-6-21-18/h2-6,13,15,20H,7-8,10-12H2,1H3/t13-,15+/m1/s1. The number of benzene rings is 1. The number of anilines is 1. The number of fused-ring (bicyclic) bond motifs is 2. The van der Waals surface area contributed by atoms with Gasteiger partial charge in [-0.05, 0) is 31.2 Å². The molecule has 2 atom stereocenters. The molecule has 5 nitrogen and oxygen atoms in total. The van der Waals surface area contributed by atoms with Gasteiger partial charge < -0.3 is 10.2 Å². The second kappa shape index (κ2) is 5.80. The lowest BCUT2D eigenvalue weighted by molar-refractivity contribution is 0.0971. The van der Waals surface area contributed by atoms with Crippen LogP contribution in [0.5, 0.6) is 0 Å². The number of piperazine rings is 2. The summed E-state index contributed by atoms with van der Waals surface area (Å²) in [5, 5.41) is 13.9. The molecule has 0 unspecified atom stereocenters. The number of pyridine rings is 1. The van der Waals surface area contributed by atoms with E-state index in [9.17, 15) is 5.26 Å². The average Bonchev–Trinajstić information content (AvgIpc) is 2.60. The fourth-order valence-electron chi connectivity index (χ4n) is 4.00. The SMILES string of the molecule is C[C@@H]1CN(c2ccc(C#N)c3ncccc23)C[C@@H]2CNCCN21. The summed E-state index contributed by atoms with van der Waals surface area (Å²) < 4.78 is 0. The van der Waals surface area contributed by atoms with Gasteiger partial charge in [0.1, 0.15) is 6.07 Å². The number of hydrogen-bond donors (Lipinski definition) is 1. The molecule has 1 aromatic carbocycles. The first-order valence-electron chi connectivity index (χ1n) is 8.27. The predicted octanol–water partition coefficient (Wildman–Crippen LogP) is 1.59. The van der Waals surface area contributed by atoms with Gasteiger partial charge in [-0.2, -0.15) is 5.26 Å². The molecule has 0 aliphatic carbocycles. The van der Waals surface area contributed by atoms with Crippen molar-refractivity contribution in [2.45, 2.75) is 19.0 Å². The summed E-state index contributed by atoms with van der Waals surface area (Å²) in [5.41, 5.74) is 2.66. The van der Waals surface area contributed by atoms with Crippen LogP contribution < -0.4 is 10.2 Å². The van der Waals surface area contributed by atoms with E-state index < -0.39 is 0 Å². The highest BCUT2D eigenvalue weighted by Gasteiger charge is 2.34. The van der Waals surface area contributed by atoms with Gasteiger partial charge in [-0.15, -0.1) is 0 Å². The van der Waals surface area contributed by atoms with Gasteiger partial charge in [-0.3, -0.25) is 9.88 Å². The van der Waals surface area contributed by atoms with Crippen molar-refractivity contribution in [3.63, 3.8) is 0 Å². The number of nitrogens with one attached hydrogen (secondary N) is 1. The predicted molar refractivity (Wildman–Crippen MR) is 91.5 cm³/mol. The second-order valence-electron chi connectivity index (χ2n) is 6.49. The number of nitrogens with zero attached hydrogens (tertiary/aromatic N) is 4. The van der Waals surface area contributed by atoms with Crippen molar-refractivity contribution in [3.8, 4) is 6.07 Å². The Morgan fingerprint density at radius 1 is 1.30 bits per heavy atom. The van der Waals surface area contributed by atoms with Crippen LogP contribution in [-0.4, -0.2) is 54.7 Å². The minimum Gasteiger partial charge on any atom is -0.368 e. The van der Waals surface area contributed by atoms with Crippen molar-refractivity contribution in [2.75, 3.05) is 37.6 Å². The van der Waals surface area contributed by atoms with Crippen molar-refractivity contribution in [1.82, 2.24) is 15.2 Å². The molecule has 2 saturated heterocycles. The van der Waals surface area contributed by atoms with Crippen molar-refractivity contribution in [3.05, 3.63) is 36.0 Å². The van der Waals surface area contributed by atoms with Gasteiger partial charge >= 0.3 is 0 Å². The number of hydrogen-bond acceptors (Lipinski definition) is 5. The molecule has 0 spiro atoms. The molecule has 0 amide bonds. The molecule has 0 bridgehead atoms. The summed E-state index contributed by atoms with van der Waals surface area (Å²) in [6.45, 7) is 7.63. The topological polar surface area (TPSA) is 55.2 Å². The molecule has 2 fully saturated rings. The Morgan fingerprint density at radius 2 is 2.22 bits per heavy atom. The molecule has 0 radical (unpaired) electrons. The van der Waals surface area contributed by atoms with Gasteiger partial charge in [-0.1, -0.05) is 0 Å². The third-order valence-electron chi connectivity index (χ3n) is 5.09. The first-order chi connectivity index (χ1) is 11.3. The maximum absolute atomic E-state index is 9.31. The summed E-state index contributed by atoms with van der Waals surface area (Å²) in [7, 11) is 0. The van der Waals surface area contributed by atoms with Gasteiger partial charge in [0.25, 0.3) is 0 Å². The minimum atomic E-state index is 0.540. The van der Waals surface area contributed by atoms with E-state index >= 15 is 0 Å². The zero-order chi connectivity index (χ0) is 15.8. The van der Waals surface area contributed by atoms with Crippen molar-refractivity contribution in [2.24, 2.45) is 0 Å². The van der Waals surface area contributed by atoms with Crippen LogP contribution in [0.15, 0.2) is 30.5 Å². The summed E-state index contributed by atoms with van der Waals surface area (Å²) in [5.74, 6) is 0. The molecule has 3 heterocycles. The third kappa shape index (κ3) is 2.44. The monoisotopic (exact) mass is 307 g/mol. The van der Waals surface area contributed by atoms with Crippen LogP contribution in [-0.2, 0) is 0 Å². The van der Waals surface area contributed by atoms with Crippen LogP contribution in [0.1, 0.15) is 12.5 Å². The molecule has 1 aromatic heterocycles. The molecule has 23 heavy (non-hydrogen) atoms. The lowest BCUT2D eigenvalue weighted by Gasteiger charge is -2.49. The summed E-state index contributed by atoms with van der Waals surface area (Å²) in [4.78, 5) is 9.52. The van der Waals surface area contributed by atoms with Gasteiger partial charge in [0.05, 0.1) is 11.1 Å². The van der Waals surface area contributed by atoms with Crippen LogP contribution >= 0.6 is 0 Å². The first kappa shape index (κ1) is 14.4. The number of aromatic nitrogens is 1. The first-order valence-corrected chi connectivity index (χ1v) is 8.27. The molecule has 2 aromatic rings. The Morgan fingerprint density at radius 3 is 3.09 bits per heavy atom. The number of nitriles is 1. The highest BCUT2D eigenvalue weighted by molar-refractivity contribution is 5.95. The Bertz CT molecular complexity index is 766. The van der Waals surface area contributed by atoms with E-state index in [4.69, 9.17) is 0 Å². The quantitative estimate of drug-likeness (QED) is 0.867. The van der Waals surface area contributed by atoms with E-state index in [0.717, 1.165) is 43.6 Å².